The van der Waals surface area contributed by atoms with E-state index >= 15 is 0 Å². The number of fused-ring (bicyclic) bond motifs is 1. The predicted octanol–water partition coefficient (Wildman–Crippen LogP) is 3.01. The van der Waals surface area contributed by atoms with Gasteiger partial charge in [0.25, 0.3) is 0 Å². The Labute approximate surface area is 118 Å². The van der Waals surface area contributed by atoms with Gasteiger partial charge in [-0.05, 0) is 30.0 Å². The molecule has 0 saturated heterocycles. The van der Waals surface area contributed by atoms with Gasteiger partial charge in [-0.2, -0.15) is 0 Å². The summed E-state index contributed by atoms with van der Waals surface area (Å²) in [6, 6.07) is 9.76. The van der Waals surface area contributed by atoms with E-state index in [2.05, 4.69) is 18.0 Å². The number of hydrogen-bond acceptors (Lipinski definition) is 3. The summed E-state index contributed by atoms with van der Waals surface area (Å²) in [5.74, 6) is 0.540. The first kappa shape index (κ1) is 13.1. The molecule has 0 spiro atoms. The zero-order valence-corrected chi connectivity index (χ0v) is 11.5. The molecule has 2 N–H and O–H groups in total. The number of anilines is 2. The molecule has 1 aliphatic rings. The molecule has 1 atom stereocenters. The third-order valence-electron chi connectivity index (χ3n) is 3.77. The minimum atomic E-state index is -0.307. The molecule has 1 aromatic carbocycles. The van der Waals surface area contributed by atoms with Crippen molar-refractivity contribution in [1.29, 1.82) is 0 Å². The quantitative estimate of drug-likeness (QED) is 0.913. The monoisotopic (exact) mass is 271 g/mol. The first-order chi connectivity index (χ1) is 9.70. The summed E-state index contributed by atoms with van der Waals surface area (Å²) in [6.07, 6.45) is 2.65. The Bertz CT molecular complexity index is 627. The molecule has 2 heterocycles. The molecular weight excluding hydrogens is 253 g/mol. The number of nitrogens with zero attached hydrogens (tertiary/aromatic N) is 2. The summed E-state index contributed by atoms with van der Waals surface area (Å²) in [6.45, 7) is 3.13. The van der Waals surface area contributed by atoms with Gasteiger partial charge in [0.2, 0.25) is 0 Å². The number of benzene rings is 1. The fourth-order valence-corrected chi connectivity index (χ4v) is 2.81. The number of para-hydroxylation sites is 1. The Morgan fingerprint density at radius 2 is 2.15 bits per heavy atom. The molecule has 4 heteroatoms. The van der Waals surface area contributed by atoms with Crippen LogP contribution in [0, 0.1) is 11.7 Å². The third kappa shape index (κ3) is 2.16. The highest BCUT2D eigenvalue weighted by Crippen LogP contribution is 2.35. The summed E-state index contributed by atoms with van der Waals surface area (Å²) in [5.41, 5.74) is 8.38. The lowest BCUT2D eigenvalue weighted by Gasteiger charge is -2.34. The lowest BCUT2D eigenvalue weighted by atomic mass is 9.94. The van der Waals surface area contributed by atoms with E-state index in [0.717, 1.165) is 18.7 Å². The highest BCUT2D eigenvalue weighted by molar-refractivity contribution is 5.66. The van der Waals surface area contributed by atoms with E-state index in [1.54, 1.807) is 12.3 Å². The highest BCUT2D eigenvalue weighted by Gasteiger charge is 2.25. The van der Waals surface area contributed by atoms with Crippen LogP contribution in [-0.4, -0.2) is 11.5 Å². The Hall–Kier alpha value is -1.94. The molecule has 0 aliphatic carbocycles. The largest absolute Gasteiger partial charge is 0.326 e. The average Bonchev–Trinajstić information content (AvgIpc) is 2.46. The molecule has 3 rings (SSSR count). The van der Waals surface area contributed by atoms with E-state index in [1.807, 2.05) is 23.1 Å². The van der Waals surface area contributed by atoms with Crippen molar-refractivity contribution >= 4 is 11.5 Å². The molecule has 0 radical (unpaired) electrons. The van der Waals surface area contributed by atoms with Gasteiger partial charge in [-0.1, -0.05) is 25.1 Å². The second-order valence-electron chi connectivity index (χ2n) is 5.36. The number of nitrogens with two attached hydrogens (primary N) is 1. The molecule has 2 aromatic rings. The fraction of sp³-hybridized carbons (Fsp3) is 0.312. The molecule has 1 aliphatic heterocycles. The van der Waals surface area contributed by atoms with E-state index < -0.39 is 0 Å². The van der Waals surface area contributed by atoms with Crippen molar-refractivity contribution in [2.75, 3.05) is 11.4 Å². The van der Waals surface area contributed by atoms with Gasteiger partial charge >= 0.3 is 0 Å². The summed E-state index contributed by atoms with van der Waals surface area (Å²) in [7, 11) is 0. The second kappa shape index (κ2) is 5.21. The maximum atomic E-state index is 14.5. The minimum Gasteiger partial charge on any atom is -0.326 e. The van der Waals surface area contributed by atoms with Crippen molar-refractivity contribution < 1.29 is 4.39 Å². The lowest BCUT2D eigenvalue weighted by Crippen LogP contribution is -2.31. The first-order valence-electron chi connectivity index (χ1n) is 6.89. The van der Waals surface area contributed by atoms with Gasteiger partial charge in [-0.3, -0.25) is 0 Å². The number of halogens is 1. The van der Waals surface area contributed by atoms with Gasteiger partial charge in [0, 0.05) is 30.5 Å². The van der Waals surface area contributed by atoms with Crippen LogP contribution in [0.15, 0.2) is 36.5 Å². The van der Waals surface area contributed by atoms with Gasteiger partial charge in [0.1, 0.15) is 0 Å². The summed E-state index contributed by atoms with van der Waals surface area (Å²) in [5, 5.41) is 0. The fourth-order valence-electron chi connectivity index (χ4n) is 2.81. The number of hydrogen-bond donors (Lipinski definition) is 1. The van der Waals surface area contributed by atoms with E-state index in [1.165, 1.54) is 5.56 Å². The molecule has 3 nitrogen and oxygen atoms in total. The predicted molar refractivity (Wildman–Crippen MR) is 78.4 cm³/mol. The third-order valence-corrected chi connectivity index (χ3v) is 3.77. The van der Waals surface area contributed by atoms with Gasteiger partial charge in [-0.15, -0.1) is 0 Å². The van der Waals surface area contributed by atoms with E-state index in [0.29, 0.717) is 17.3 Å². The zero-order valence-electron chi connectivity index (χ0n) is 11.5. The highest BCUT2D eigenvalue weighted by atomic mass is 19.1. The molecule has 20 heavy (non-hydrogen) atoms. The summed E-state index contributed by atoms with van der Waals surface area (Å²) in [4.78, 5) is 6.21. The van der Waals surface area contributed by atoms with Crippen molar-refractivity contribution in [2.45, 2.75) is 19.9 Å². The topological polar surface area (TPSA) is 42.2 Å². The molecule has 104 valence electrons. The molecule has 1 unspecified atom stereocenters. The van der Waals surface area contributed by atoms with Crippen LogP contribution in [0.3, 0.4) is 0 Å². The lowest BCUT2D eigenvalue weighted by molar-refractivity contribution is 0.544. The van der Waals surface area contributed by atoms with Crippen molar-refractivity contribution in [3.05, 3.63) is 53.5 Å². The van der Waals surface area contributed by atoms with Crippen molar-refractivity contribution in [1.82, 2.24) is 4.98 Å². The molecular formula is C16H18FN3. The summed E-state index contributed by atoms with van der Waals surface area (Å²) < 4.78 is 14.5. The molecule has 0 saturated carbocycles. The second-order valence-corrected chi connectivity index (χ2v) is 5.36. The van der Waals surface area contributed by atoms with E-state index in [-0.39, 0.29) is 12.4 Å². The number of rotatable bonds is 2. The normalized spacial score (nSPS) is 17.9. The summed E-state index contributed by atoms with van der Waals surface area (Å²) >= 11 is 0. The maximum Gasteiger partial charge on any atom is 0.170 e. The molecule has 0 amide bonds. The van der Waals surface area contributed by atoms with Gasteiger partial charge in [0.15, 0.2) is 11.6 Å². The first-order valence-corrected chi connectivity index (χ1v) is 6.89. The van der Waals surface area contributed by atoms with Crippen LogP contribution < -0.4 is 10.6 Å². The van der Waals surface area contributed by atoms with Crippen LogP contribution in [0.5, 0.6) is 0 Å². The van der Waals surface area contributed by atoms with Crippen LogP contribution in [0.25, 0.3) is 0 Å². The van der Waals surface area contributed by atoms with Crippen LogP contribution in [0.1, 0.15) is 18.1 Å². The van der Waals surface area contributed by atoms with Gasteiger partial charge in [0.05, 0.1) is 0 Å². The smallest absolute Gasteiger partial charge is 0.170 e. The Morgan fingerprint density at radius 1 is 1.35 bits per heavy atom. The van der Waals surface area contributed by atoms with Crippen LogP contribution in [-0.2, 0) is 13.0 Å². The maximum absolute atomic E-state index is 14.5. The number of pyridine rings is 1. The average molecular weight is 271 g/mol. The zero-order chi connectivity index (χ0) is 14.1. The van der Waals surface area contributed by atoms with Crippen LogP contribution in [0.4, 0.5) is 15.9 Å². The molecule has 0 bridgehead atoms. The SMILES string of the molecule is CC1Cc2ccccc2N(c2nccc(CN)c2F)C1. The van der Waals surface area contributed by atoms with Crippen molar-refractivity contribution in [3.63, 3.8) is 0 Å². The van der Waals surface area contributed by atoms with Crippen LogP contribution >= 0.6 is 0 Å². The standard InChI is InChI=1S/C16H18FN3/c1-11-8-12-4-2-3-5-14(12)20(10-11)16-15(17)13(9-18)6-7-19-16/h2-7,11H,8-10,18H2,1H3. The van der Waals surface area contributed by atoms with Crippen LogP contribution in [0.2, 0.25) is 0 Å². The van der Waals surface area contributed by atoms with Crippen molar-refractivity contribution in [3.8, 4) is 0 Å². The van der Waals surface area contributed by atoms with E-state index in [4.69, 9.17) is 5.73 Å². The minimum absolute atomic E-state index is 0.187. The van der Waals surface area contributed by atoms with Gasteiger partial charge < -0.3 is 10.6 Å². The Kier molecular flexibility index (Phi) is 3.40. The van der Waals surface area contributed by atoms with E-state index in [9.17, 15) is 4.39 Å². The molecule has 1 aromatic heterocycles. The molecule has 0 fully saturated rings. The Balaban J connectivity index is 2.11. The van der Waals surface area contributed by atoms with Crippen molar-refractivity contribution in [2.24, 2.45) is 11.7 Å². The number of aromatic nitrogens is 1. The Morgan fingerprint density at radius 3 is 2.95 bits per heavy atom. The van der Waals surface area contributed by atoms with Gasteiger partial charge in [-0.25, -0.2) is 9.37 Å².